The van der Waals surface area contributed by atoms with Crippen molar-refractivity contribution in [3.8, 4) is 0 Å². The molecule has 1 aliphatic rings. The third kappa shape index (κ3) is 8.00. The molecule has 1 heterocycles. The lowest BCUT2D eigenvalue weighted by atomic mass is 9.74. The summed E-state index contributed by atoms with van der Waals surface area (Å²) in [6, 6.07) is 0. The summed E-state index contributed by atoms with van der Waals surface area (Å²) >= 11 is 0. The van der Waals surface area contributed by atoms with Crippen LogP contribution in [0.25, 0.3) is 0 Å². The molecule has 0 bridgehead atoms. The predicted molar refractivity (Wildman–Crippen MR) is 102 cm³/mol. The molecule has 3 heteroatoms. The van der Waals surface area contributed by atoms with Crippen molar-refractivity contribution in [2.75, 3.05) is 19.6 Å². The number of rotatable bonds is 13. The van der Waals surface area contributed by atoms with Crippen LogP contribution in [0.4, 0.5) is 0 Å². The van der Waals surface area contributed by atoms with Crippen LogP contribution in [0, 0.1) is 11.3 Å². The molecule has 142 valence electrons. The van der Waals surface area contributed by atoms with Crippen molar-refractivity contribution < 1.29 is 9.90 Å². The Kier molecular flexibility index (Phi) is 10.6. The van der Waals surface area contributed by atoms with E-state index < -0.39 is 11.4 Å². The minimum absolute atomic E-state index is 0.332. The van der Waals surface area contributed by atoms with Gasteiger partial charge in [-0.25, -0.2) is 0 Å². The maximum atomic E-state index is 11.4. The zero-order valence-electron chi connectivity index (χ0n) is 16.5. The van der Waals surface area contributed by atoms with Crippen LogP contribution in [0.5, 0.6) is 0 Å². The van der Waals surface area contributed by atoms with Crippen molar-refractivity contribution in [2.45, 2.75) is 97.8 Å². The van der Waals surface area contributed by atoms with Gasteiger partial charge in [0.2, 0.25) is 0 Å². The summed E-state index contributed by atoms with van der Waals surface area (Å²) in [7, 11) is 0. The van der Waals surface area contributed by atoms with Crippen LogP contribution in [-0.2, 0) is 4.79 Å². The Hall–Kier alpha value is -0.570. The first kappa shape index (κ1) is 21.5. The Morgan fingerprint density at radius 2 is 1.38 bits per heavy atom. The van der Waals surface area contributed by atoms with Crippen LogP contribution in [0.1, 0.15) is 97.8 Å². The number of piperidine rings is 1. The highest BCUT2D eigenvalue weighted by atomic mass is 16.4. The molecule has 0 aromatic carbocycles. The van der Waals surface area contributed by atoms with Gasteiger partial charge in [-0.1, -0.05) is 64.7 Å². The minimum Gasteiger partial charge on any atom is -0.481 e. The van der Waals surface area contributed by atoms with Crippen LogP contribution in [-0.4, -0.2) is 35.6 Å². The van der Waals surface area contributed by atoms with Gasteiger partial charge in [-0.05, 0) is 58.7 Å². The molecule has 1 N–H and O–H groups in total. The Bertz CT molecular complexity index is 333. The normalized spacial score (nSPS) is 17.3. The van der Waals surface area contributed by atoms with Crippen LogP contribution < -0.4 is 0 Å². The number of hydrogen-bond donors (Lipinski definition) is 1. The zero-order valence-corrected chi connectivity index (χ0v) is 16.5. The first-order valence-electron chi connectivity index (χ1n) is 10.4. The average molecular weight is 340 g/mol. The molecular formula is C21H41NO2. The third-order valence-corrected chi connectivity index (χ3v) is 5.99. The summed E-state index contributed by atoms with van der Waals surface area (Å²) in [6.45, 7) is 9.42. The van der Waals surface area contributed by atoms with Crippen LogP contribution in [0.15, 0.2) is 0 Å². The molecule has 0 aromatic rings. The Morgan fingerprint density at radius 1 is 0.917 bits per heavy atom. The van der Waals surface area contributed by atoms with Crippen molar-refractivity contribution in [3.05, 3.63) is 0 Å². The lowest BCUT2D eigenvalue weighted by molar-refractivity contribution is -0.151. The summed E-state index contributed by atoms with van der Waals surface area (Å²) in [6.07, 6.45) is 16.0. The van der Waals surface area contributed by atoms with Crippen molar-refractivity contribution in [3.63, 3.8) is 0 Å². The molecule has 0 aromatic heterocycles. The van der Waals surface area contributed by atoms with E-state index in [0.29, 0.717) is 5.92 Å². The van der Waals surface area contributed by atoms with E-state index >= 15 is 0 Å². The average Bonchev–Trinajstić information content (AvgIpc) is 2.57. The Labute approximate surface area is 150 Å². The van der Waals surface area contributed by atoms with Crippen LogP contribution in [0.3, 0.4) is 0 Å². The number of unbranched alkanes of at least 4 members (excludes halogenated alkanes) is 9. The van der Waals surface area contributed by atoms with Gasteiger partial charge in [-0.3, -0.25) is 4.79 Å². The van der Waals surface area contributed by atoms with E-state index in [4.69, 9.17) is 0 Å². The standard InChI is InChI=1S/C21H41NO2/c1-4-5-6-7-8-9-10-11-12-13-16-22-17-14-19(15-18-22)21(2,3)20(23)24/h19H,4-18H2,1-3H3,(H,23,24). The molecule has 3 nitrogen and oxygen atoms in total. The Balaban J connectivity index is 1.98. The highest BCUT2D eigenvalue weighted by molar-refractivity contribution is 5.74. The largest absolute Gasteiger partial charge is 0.481 e. The molecule has 1 saturated heterocycles. The van der Waals surface area contributed by atoms with Gasteiger partial charge in [0.15, 0.2) is 0 Å². The van der Waals surface area contributed by atoms with E-state index in [-0.39, 0.29) is 0 Å². The minimum atomic E-state index is -0.643. The molecule has 0 radical (unpaired) electrons. The first-order chi connectivity index (χ1) is 11.5. The van der Waals surface area contributed by atoms with E-state index in [9.17, 15) is 9.90 Å². The van der Waals surface area contributed by atoms with Crippen LogP contribution in [0.2, 0.25) is 0 Å². The number of carboxylic acid groups (broad SMARTS) is 1. The smallest absolute Gasteiger partial charge is 0.309 e. The second-order valence-electron chi connectivity index (χ2n) is 8.32. The number of aliphatic carboxylic acids is 1. The summed E-state index contributed by atoms with van der Waals surface area (Å²) < 4.78 is 0. The van der Waals surface area contributed by atoms with E-state index in [1.54, 1.807) is 0 Å². The molecular weight excluding hydrogens is 298 g/mol. The number of nitrogens with zero attached hydrogens (tertiary/aromatic N) is 1. The van der Waals surface area contributed by atoms with Gasteiger partial charge in [-0.15, -0.1) is 0 Å². The topological polar surface area (TPSA) is 40.5 Å². The van der Waals surface area contributed by atoms with Gasteiger partial charge in [0, 0.05) is 0 Å². The summed E-state index contributed by atoms with van der Waals surface area (Å²) in [5, 5.41) is 9.35. The first-order valence-corrected chi connectivity index (χ1v) is 10.4. The number of carbonyl (C=O) groups is 1. The Morgan fingerprint density at radius 3 is 1.83 bits per heavy atom. The molecule has 1 aliphatic heterocycles. The molecule has 1 rings (SSSR count). The van der Waals surface area contributed by atoms with Gasteiger partial charge >= 0.3 is 5.97 Å². The predicted octanol–water partition coefficient (Wildman–Crippen LogP) is 5.73. The monoisotopic (exact) mass is 339 g/mol. The van der Waals surface area contributed by atoms with E-state index in [0.717, 1.165) is 25.9 Å². The van der Waals surface area contributed by atoms with Gasteiger partial charge in [-0.2, -0.15) is 0 Å². The fourth-order valence-corrected chi connectivity index (χ4v) is 3.88. The fourth-order valence-electron chi connectivity index (χ4n) is 3.88. The zero-order chi connectivity index (χ0) is 17.8. The van der Waals surface area contributed by atoms with E-state index in [1.807, 2.05) is 13.8 Å². The number of hydrogen-bond acceptors (Lipinski definition) is 2. The fraction of sp³-hybridized carbons (Fsp3) is 0.952. The SMILES string of the molecule is CCCCCCCCCCCCN1CCC(C(C)(C)C(=O)O)CC1. The van der Waals surface area contributed by atoms with E-state index in [1.165, 1.54) is 70.8 Å². The molecule has 24 heavy (non-hydrogen) atoms. The second kappa shape index (κ2) is 11.9. The second-order valence-corrected chi connectivity index (χ2v) is 8.32. The van der Waals surface area contributed by atoms with Crippen molar-refractivity contribution in [1.29, 1.82) is 0 Å². The molecule has 0 spiro atoms. The van der Waals surface area contributed by atoms with Gasteiger partial charge in [0.25, 0.3) is 0 Å². The highest BCUT2D eigenvalue weighted by Gasteiger charge is 2.38. The summed E-state index contributed by atoms with van der Waals surface area (Å²) in [5.74, 6) is -0.311. The summed E-state index contributed by atoms with van der Waals surface area (Å²) in [4.78, 5) is 13.9. The molecule has 0 saturated carbocycles. The lowest BCUT2D eigenvalue weighted by Crippen LogP contribution is -2.42. The number of carboxylic acids is 1. The van der Waals surface area contributed by atoms with Crippen molar-refractivity contribution >= 4 is 5.97 Å². The quantitative estimate of drug-likeness (QED) is 0.436. The molecule has 0 atom stereocenters. The molecule has 0 amide bonds. The molecule has 0 unspecified atom stereocenters. The molecule has 0 aliphatic carbocycles. The van der Waals surface area contributed by atoms with Gasteiger partial charge < -0.3 is 10.0 Å². The third-order valence-electron chi connectivity index (χ3n) is 5.99. The lowest BCUT2D eigenvalue weighted by Gasteiger charge is -2.38. The molecule has 1 fully saturated rings. The van der Waals surface area contributed by atoms with E-state index in [2.05, 4.69) is 11.8 Å². The number of likely N-dealkylation sites (tertiary alicyclic amines) is 1. The van der Waals surface area contributed by atoms with Crippen molar-refractivity contribution in [1.82, 2.24) is 4.90 Å². The maximum absolute atomic E-state index is 11.4. The van der Waals surface area contributed by atoms with Gasteiger partial charge in [0.1, 0.15) is 0 Å². The van der Waals surface area contributed by atoms with Crippen molar-refractivity contribution in [2.24, 2.45) is 11.3 Å². The summed E-state index contributed by atoms with van der Waals surface area (Å²) in [5.41, 5.74) is -0.566. The van der Waals surface area contributed by atoms with Gasteiger partial charge in [0.05, 0.1) is 5.41 Å². The highest BCUT2D eigenvalue weighted by Crippen LogP contribution is 2.35. The van der Waals surface area contributed by atoms with Crippen LogP contribution >= 0.6 is 0 Å². The maximum Gasteiger partial charge on any atom is 0.309 e.